The van der Waals surface area contributed by atoms with Crippen molar-refractivity contribution in [3.05, 3.63) is 41.0 Å². The highest BCUT2D eigenvalue weighted by molar-refractivity contribution is 6.22. The number of nitrogens with zero attached hydrogens (tertiary/aromatic N) is 3. The van der Waals surface area contributed by atoms with Crippen molar-refractivity contribution >= 4 is 28.9 Å². The molecule has 22 heavy (non-hydrogen) atoms. The van der Waals surface area contributed by atoms with Gasteiger partial charge in [-0.1, -0.05) is 12.1 Å². The summed E-state index contributed by atoms with van der Waals surface area (Å²) in [6.45, 7) is 1.48. The van der Waals surface area contributed by atoms with Gasteiger partial charge in [0.1, 0.15) is 0 Å². The first-order chi connectivity index (χ1) is 9.98. The highest BCUT2D eigenvalue weighted by atomic mass is 35.5. The maximum absolute atomic E-state index is 13.3. The lowest BCUT2D eigenvalue weighted by Gasteiger charge is -2.10. The van der Waals surface area contributed by atoms with Crippen LogP contribution in [0.3, 0.4) is 0 Å². The zero-order valence-electron chi connectivity index (χ0n) is 11.1. The highest BCUT2D eigenvalue weighted by Gasteiger charge is 2.41. The molecule has 0 saturated heterocycles. The van der Waals surface area contributed by atoms with Crippen LogP contribution in [-0.4, -0.2) is 14.8 Å². The van der Waals surface area contributed by atoms with Crippen LogP contribution in [0.2, 0.25) is 0 Å². The van der Waals surface area contributed by atoms with Crippen LogP contribution in [0.1, 0.15) is 22.8 Å². The first kappa shape index (κ1) is 16.8. The SMILES string of the molecule is Cc1cc(Cn2nc(C(F)(F)Cl)nc2C(F)(F)Cl)ccc1N. The molecule has 1 aromatic carbocycles. The van der Waals surface area contributed by atoms with E-state index in [4.69, 9.17) is 28.9 Å². The van der Waals surface area contributed by atoms with Crippen LogP contribution in [0.5, 0.6) is 0 Å². The molecule has 0 saturated carbocycles. The summed E-state index contributed by atoms with van der Waals surface area (Å²) in [6.07, 6.45) is 0. The number of nitrogen functional groups attached to an aromatic ring is 1. The fourth-order valence-electron chi connectivity index (χ4n) is 1.79. The second kappa shape index (κ2) is 5.58. The molecule has 0 aliphatic carbocycles. The third-order valence-corrected chi connectivity index (χ3v) is 3.18. The molecule has 0 radical (unpaired) electrons. The van der Waals surface area contributed by atoms with Gasteiger partial charge < -0.3 is 5.73 Å². The summed E-state index contributed by atoms with van der Waals surface area (Å²) in [6, 6.07) is 4.74. The number of nitrogens with two attached hydrogens (primary N) is 1. The summed E-state index contributed by atoms with van der Waals surface area (Å²) >= 11 is 9.65. The lowest BCUT2D eigenvalue weighted by atomic mass is 10.1. The molecule has 4 nitrogen and oxygen atoms in total. The van der Waals surface area contributed by atoms with Gasteiger partial charge in [-0.15, -0.1) is 5.10 Å². The van der Waals surface area contributed by atoms with E-state index in [-0.39, 0.29) is 6.54 Å². The van der Waals surface area contributed by atoms with Crippen molar-refractivity contribution in [3.63, 3.8) is 0 Å². The Morgan fingerprint density at radius 1 is 1.18 bits per heavy atom. The third-order valence-electron chi connectivity index (χ3n) is 2.85. The largest absolute Gasteiger partial charge is 0.399 e. The average Bonchev–Trinajstić information content (AvgIpc) is 2.77. The number of benzene rings is 1. The molecule has 2 N–H and O–H groups in total. The monoisotopic (exact) mass is 356 g/mol. The van der Waals surface area contributed by atoms with E-state index in [2.05, 4.69) is 10.1 Å². The molecule has 0 atom stereocenters. The van der Waals surface area contributed by atoms with Gasteiger partial charge in [0, 0.05) is 5.69 Å². The van der Waals surface area contributed by atoms with Gasteiger partial charge in [-0.2, -0.15) is 17.6 Å². The van der Waals surface area contributed by atoms with E-state index in [1.54, 1.807) is 25.1 Å². The van der Waals surface area contributed by atoms with E-state index in [1.165, 1.54) is 0 Å². The van der Waals surface area contributed by atoms with Crippen molar-refractivity contribution in [2.24, 2.45) is 0 Å². The lowest BCUT2D eigenvalue weighted by Crippen LogP contribution is -2.15. The van der Waals surface area contributed by atoms with Gasteiger partial charge in [0.15, 0.2) is 0 Å². The molecule has 120 valence electrons. The van der Waals surface area contributed by atoms with Crippen LogP contribution < -0.4 is 5.73 Å². The number of anilines is 1. The molecule has 0 fully saturated rings. The molecule has 0 bridgehead atoms. The summed E-state index contributed by atoms with van der Waals surface area (Å²) in [5, 5.41) is -4.61. The van der Waals surface area contributed by atoms with E-state index < -0.39 is 22.4 Å². The zero-order chi connectivity index (χ0) is 16.7. The van der Waals surface area contributed by atoms with Crippen LogP contribution in [-0.2, 0) is 17.3 Å². The second-order valence-corrected chi connectivity index (χ2v) is 5.55. The Morgan fingerprint density at radius 3 is 2.32 bits per heavy atom. The fraction of sp³-hybridized carbons (Fsp3) is 0.333. The Bertz CT molecular complexity index is 691. The Labute approximate surface area is 132 Å². The Morgan fingerprint density at radius 2 is 1.82 bits per heavy atom. The number of rotatable bonds is 4. The number of alkyl halides is 6. The van der Waals surface area contributed by atoms with Crippen LogP contribution >= 0.6 is 23.2 Å². The maximum Gasteiger partial charge on any atom is 0.383 e. The Hall–Kier alpha value is -1.54. The first-order valence-corrected chi connectivity index (χ1v) is 6.68. The minimum atomic E-state index is -3.97. The average molecular weight is 357 g/mol. The molecule has 0 amide bonds. The van der Waals surface area contributed by atoms with Crippen molar-refractivity contribution in [1.82, 2.24) is 14.8 Å². The predicted molar refractivity (Wildman–Crippen MR) is 74.2 cm³/mol. The molecular formula is C12H10Cl2F4N4. The van der Waals surface area contributed by atoms with Crippen LogP contribution in [0, 0.1) is 6.92 Å². The number of hydrogen-bond donors (Lipinski definition) is 1. The van der Waals surface area contributed by atoms with E-state index in [1.807, 2.05) is 0 Å². The zero-order valence-corrected chi connectivity index (χ0v) is 12.6. The van der Waals surface area contributed by atoms with E-state index in [9.17, 15) is 17.6 Å². The summed E-state index contributed by atoms with van der Waals surface area (Å²) in [5.41, 5.74) is 7.39. The fourth-order valence-corrected chi connectivity index (χ4v) is 2.01. The van der Waals surface area contributed by atoms with Crippen molar-refractivity contribution in [3.8, 4) is 0 Å². The van der Waals surface area contributed by atoms with Gasteiger partial charge in [-0.3, -0.25) is 0 Å². The van der Waals surface area contributed by atoms with Gasteiger partial charge in [-0.25, -0.2) is 9.67 Å². The second-order valence-electron chi connectivity index (χ2n) is 4.60. The van der Waals surface area contributed by atoms with Crippen LogP contribution in [0.15, 0.2) is 18.2 Å². The molecule has 1 aromatic heterocycles. The molecule has 2 aromatic rings. The molecular weight excluding hydrogens is 347 g/mol. The van der Waals surface area contributed by atoms with Gasteiger partial charge >= 0.3 is 10.8 Å². The smallest absolute Gasteiger partial charge is 0.383 e. The van der Waals surface area contributed by atoms with Crippen molar-refractivity contribution in [2.45, 2.75) is 24.2 Å². The normalized spacial score (nSPS) is 12.7. The van der Waals surface area contributed by atoms with Crippen molar-refractivity contribution in [2.75, 3.05) is 5.73 Å². The van der Waals surface area contributed by atoms with E-state index in [0.717, 1.165) is 0 Å². The van der Waals surface area contributed by atoms with Crippen molar-refractivity contribution in [1.29, 1.82) is 0 Å². The van der Waals surface area contributed by atoms with E-state index >= 15 is 0 Å². The predicted octanol–water partition coefficient (Wildman–Crippen LogP) is 3.79. The molecule has 0 spiro atoms. The van der Waals surface area contributed by atoms with Gasteiger partial charge in [0.2, 0.25) is 11.6 Å². The first-order valence-electron chi connectivity index (χ1n) is 5.92. The summed E-state index contributed by atoms with van der Waals surface area (Å²) in [4.78, 5) is 3.05. The standard InChI is InChI=1S/C12H10Cl2F4N4/c1-6-4-7(2-3-8(6)19)5-22-10(12(14,17)18)20-9(21-22)11(13,15)16/h2-4H,5,19H2,1H3. The minimum Gasteiger partial charge on any atom is -0.399 e. The van der Waals surface area contributed by atoms with Crippen LogP contribution in [0.4, 0.5) is 23.2 Å². The van der Waals surface area contributed by atoms with Gasteiger partial charge in [-0.05, 0) is 47.3 Å². The topological polar surface area (TPSA) is 56.7 Å². The molecule has 0 aliphatic heterocycles. The summed E-state index contributed by atoms with van der Waals surface area (Å²) in [7, 11) is 0. The molecule has 10 heteroatoms. The number of hydrogen-bond acceptors (Lipinski definition) is 3. The summed E-state index contributed by atoms with van der Waals surface area (Å²) < 4.78 is 53.2. The van der Waals surface area contributed by atoms with E-state index in [0.29, 0.717) is 21.5 Å². The number of halogens is 6. The summed E-state index contributed by atoms with van der Waals surface area (Å²) in [5.74, 6) is -2.35. The molecule has 0 aliphatic rings. The number of aryl methyl sites for hydroxylation is 1. The number of aromatic nitrogens is 3. The highest BCUT2D eigenvalue weighted by Crippen LogP contribution is 2.35. The Balaban J connectivity index is 2.44. The van der Waals surface area contributed by atoms with Gasteiger partial charge in [0.25, 0.3) is 0 Å². The Kier molecular flexibility index (Phi) is 4.27. The molecule has 1 heterocycles. The lowest BCUT2D eigenvalue weighted by molar-refractivity contribution is 0.0762. The minimum absolute atomic E-state index is 0.237. The molecule has 0 unspecified atom stereocenters. The molecule has 2 rings (SSSR count). The maximum atomic E-state index is 13.3. The quantitative estimate of drug-likeness (QED) is 0.515. The van der Waals surface area contributed by atoms with Crippen LogP contribution in [0.25, 0.3) is 0 Å². The van der Waals surface area contributed by atoms with Crippen molar-refractivity contribution < 1.29 is 17.6 Å². The van der Waals surface area contributed by atoms with Gasteiger partial charge in [0.05, 0.1) is 6.54 Å². The third kappa shape index (κ3) is 3.61.